The number of methoxy groups -OCH3 is 1. The van der Waals surface area contributed by atoms with Crippen LogP contribution in [0.2, 0.25) is 0 Å². The Kier molecular flexibility index (Phi) is 4.86. The van der Waals surface area contributed by atoms with E-state index in [9.17, 15) is 4.39 Å². The monoisotopic (exact) mass is 327 g/mol. The molecule has 0 aliphatic heterocycles. The van der Waals surface area contributed by atoms with E-state index in [1.807, 2.05) is 37.3 Å². The normalized spacial score (nSPS) is 12.1. The van der Waals surface area contributed by atoms with Gasteiger partial charge in [0.1, 0.15) is 11.6 Å². The van der Waals surface area contributed by atoms with Gasteiger partial charge in [0.05, 0.1) is 13.7 Å². The van der Waals surface area contributed by atoms with Gasteiger partial charge in [0.25, 0.3) is 0 Å². The fourth-order valence-electron chi connectivity index (χ4n) is 2.36. The van der Waals surface area contributed by atoms with E-state index < -0.39 is 0 Å². The molecule has 0 aliphatic rings. The van der Waals surface area contributed by atoms with Gasteiger partial charge in [0.2, 0.25) is 11.7 Å². The van der Waals surface area contributed by atoms with Crippen LogP contribution >= 0.6 is 0 Å². The van der Waals surface area contributed by atoms with Gasteiger partial charge in [0.15, 0.2) is 0 Å². The van der Waals surface area contributed by atoms with Gasteiger partial charge in [-0.3, -0.25) is 0 Å². The first-order valence-electron chi connectivity index (χ1n) is 7.62. The smallest absolute Gasteiger partial charge is 0.240 e. The van der Waals surface area contributed by atoms with Crippen LogP contribution in [0.25, 0.3) is 11.4 Å². The average molecular weight is 327 g/mol. The van der Waals surface area contributed by atoms with Crippen molar-refractivity contribution in [2.75, 3.05) is 7.11 Å². The highest BCUT2D eigenvalue weighted by Gasteiger charge is 2.13. The number of rotatable bonds is 6. The van der Waals surface area contributed by atoms with Crippen LogP contribution in [0, 0.1) is 5.82 Å². The molecule has 1 heterocycles. The van der Waals surface area contributed by atoms with Crippen molar-refractivity contribution in [1.29, 1.82) is 0 Å². The molecule has 0 bridgehead atoms. The minimum Gasteiger partial charge on any atom is -0.497 e. The Morgan fingerprint density at radius 1 is 1.17 bits per heavy atom. The Morgan fingerprint density at radius 3 is 2.62 bits per heavy atom. The van der Waals surface area contributed by atoms with Crippen molar-refractivity contribution >= 4 is 0 Å². The molecule has 5 nitrogen and oxygen atoms in total. The largest absolute Gasteiger partial charge is 0.497 e. The maximum Gasteiger partial charge on any atom is 0.240 e. The molecule has 0 saturated heterocycles. The summed E-state index contributed by atoms with van der Waals surface area (Å²) in [6.07, 6.45) is 0. The maximum atomic E-state index is 13.8. The third-order valence-corrected chi connectivity index (χ3v) is 3.75. The first-order chi connectivity index (χ1) is 11.7. The zero-order valence-corrected chi connectivity index (χ0v) is 13.5. The summed E-state index contributed by atoms with van der Waals surface area (Å²) in [5.74, 6) is 1.49. The number of hydrogen-bond acceptors (Lipinski definition) is 5. The van der Waals surface area contributed by atoms with E-state index in [-0.39, 0.29) is 11.9 Å². The van der Waals surface area contributed by atoms with Crippen LogP contribution in [-0.2, 0) is 6.54 Å². The molecule has 0 fully saturated rings. The van der Waals surface area contributed by atoms with Crippen LogP contribution < -0.4 is 10.1 Å². The van der Waals surface area contributed by atoms with Crippen LogP contribution in [-0.4, -0.2) is 17.3 Å². The molecule has 1 N–H and O–H groups in total. The van der Waals surface area contributed by atoms with Crippen molar-refractivity contribution < 1.29 is 13.7 Å². The topological polar surface area (TPSA) is 60.2 Å². The lowest BCUT2D eigenvalue weighted by Crippen LogP contribution is -2.19. The standard InChI is InChI=1S/C18H18FN3O2/c1-12(15-5-3-4-6-16(15)19)20-11-17-21-18(22-24-17)13-7-9-14(23-2)10-8-13/h3-10,12,20H,11H2,1-2H3. The summed E-state index contributed by atoms with van der Waals surface area (Å²) in [5.41, 5.74) is 1.44. The SMILES string of the molecule is COc1ccc(-c2noc(CNC(C)c3ccccc3F)n2)cc1. The second kappa shape index (κ2) is 7.23. The molecule has 1 atom stereocenters. The van der Waals surface area contributed by atoms with Crippen LogP contribution in [0.3, 0.4) is 0 Å². The number of nitrogens with zero attached hydrogens (tertiary/aromatic N) is 2. The van der Waals surface area contributed by atoms with Crippen molar-refractivity contribution in [3.8, 4) is 17.1 Å². The van der Waals surface area contributed by atoms with Gasteiger partial charge in [-0.2, -0.15) is 4.98 Å². The molecule has 124 valence electrons. The first kappa shape index (κ1) is 16.1. The number of ether oxygens (including phenoxy) is 1. The van der Waals surface area contributed by atoms with Gasteiger partial charge in [0, 0.05) is 17.2 Å². The lowest BCUT2D eigenvalue weighted by molar-refractivity contribution is 0.359. The first-order valence-corrected chi connectivity index (χ1v) is 7.62. The lowest BCUT2D eigenvalue weighted by atomic mass is 10.1. The van der Waals surface area contributed by atoms with E-state index in [1.54, 1.807) is 19.2 Å². The fraction of sp³-hybridized carbons (Fsp3) is 0.222. The Labute approximate surface area is 139 Å². The van der Waals surface area contributed by atoms with Crippen molar-refractivity contribution in [1.82, 2.24) is 15.5 Å². The highest BCUT2D eigenvalue weighted by molar-refractivity contribution is 5.55. The van der Waals surface area contributed by atoms with Crippen LogP contribution in [0.1, 0.15) is 24.4 Å². The molecule has 0 aliphatic carbocycles. The van der Waals surface area contributed by atoms with Crippen molar-refractivity contribution in [3.63, 3.8) is 0 Å². The number of benzene rings is 2. The van der Waals surface area contributed by atoms with E-state index in [2.05, 4.69) is 15.5 Å². The summed E-state index contributed by atoms with van der Waals surface area (Å²) in [5, 5.41) is 7.15. The number of nitrogens with one attached hydrogen (secondary N) is 1. The van der Waals surface area contributed by atoms with Crippen LogP contribution in [0.15, 0.2) is 53.1 Å². The lowest BCUT2D eigenvalue weighted by Gasteiger charge is -2.13. The molecular weight excluding hydrogens is 309 g/mol. The van der Waals surface area contributed by atoms with Gasteiger partial charge in [-0.05, 0) is 37.3 Å². The summed E-state index contributed by atoms with van der Waals surface area (Å²) >= 11 is 0. The third kappa shape index (κ3) is 3.60. The number of aromatic nitrogens is 2. The summed E-state index contributed by atoms with van der Waals surface area (Å²) < 4.78 is 24.1. The van der Waals surface area contributed by atoms with E-state index >= 15 is 0 Å². The van der Waals surface area contributed by atoms with Crippen molar-refractivity contribution in [2.24, 2.45) is 0 Å². The van der Waals surface area contributed by atoms with Gasteiger partial charge in [-0.25, -0.2) is 4.39 Å². The highest BCUT2D eigenvalue weighted by atomic mass is 19.1. The second-order valence-corrected chi connectivity index (χ2v) is 5.36. The zero-order valence-electron chi connectivity index (χ0n) is 13.5. The van der Waals surface area contributed by atoms with Crippen LogP contribution in [0.4, 0.5) is 4.39 Å². The van der Waals surface area contributed by atoms with Gasteiger partial charge >= 0.3 is 0 Å². The molecule has 24 heavy (non-hydrogen) atoms. The molecule has 0 spiro atoms. The molecule has 6 heteroatoms. The molecule has 2 aromatic carbocycles. The molecule has 3 aromatic rings. The third-order valence-electron chi connectivity index (χ3n) is 3.75. The summed E-state index contributed by atoms with van der Waals surface area (Å²) in [7, 11) is 1.61. The predicted octanol–water partition coefficient (Wildman–Crippen LogP) is 3.74. The molecule has 0 amide bonds. The fourth-order valence-corrected chi connectivity index (χ4v) is 2.36. The Morgan fingerprint density at radius 2 is 1.92 bits per heavy atom. The molecule has 1 aromatic heterocycles. The van der Waals surface area contributed by atoms with Crippen LogP contribution in [0.5, 0.6) is 5.75 Å². The molecule has 0 saturated carbocycles. The minimum atomic E-state index is -0.234. The van der Waals surface area contributed by atoms with E-state index in [0.717, 1.165) is 11.3 Å². The summed E-state index contributed by atoms with van der Waals surface area (Å²) in [6, 6.07) is 13.9. The van der Waals surface area contributed by atoms with E-state index in [4.69, 9.17) is 9.26 Å². The van der Waals surface area contributed by atoms with E-state index in [0.29, 0.717) is 23.8 Å². The maximum absolute atomic E-state index is 13.8. The number of halogens is 1. The van der Waals surface area contributed by atoms with Gasteiger partial charge in [-0.1, -0.05) is 23.4 Å². The summed E-state index contributed by atoms with van der Waals surface area (Å²) in [4.78, 5) is 4.35. The van der Waals surface area contributed by atoms with E-state index in [1.165, 1.54) is 6.07 Å². The molecular formula is C18H18FN3O2. The number of hydrogen-bond donors (Lipinski definition) is 1. The quantitative estimate of drug-likeness (QED) is 0.747. The summed E-state index contributed by atoms with van der Waals surface area (Å²) in [6.45, 7) is 2.25. The average Bonchev–Trinajstić information content (AvgIpc) is 3.09. The molecule has 0 radical (unpaired) electrons. The van der Waals surface area contributed by atoms with Gasteiger partial charge < -0.3 is 14.6 Å². The predicted molar refractivity (Wildman–Crippen MR) is 87.9 cm³/mol. The highest BCUT2D eigenvalue weighted by Crippen LogP contribution is 2.20. The van der Waals surface area contributed by atoms with Crippen molar-refractivity contribution in [2.45, 2.75) is 19.5 Å². The molecule has 1 unspecified atom stereocenters. The Balaban J connectivity index is 1.64. The Hall–Kier alpha value is -2.73. The van der Waals surface area contributed by atoms with Gasteiger partial charge in [-0.15, -0.1) is 0 Å². The second-order valence-electron chi connectivity index (χ2n) is 5.36. The molecule has 3 rings (SSSR count). The minimum absolute atomic E-state index is 0.164. The Bertz CT molecular complexity index is 802. The van der Waals surface area contributed by atoms with Crippen molar-refractivity contribution in [3.05, 3.63) is 65.8 Å². The zero-order chi connectivity index (χ0) is 16.9.